The van der Waals surface area contributed by atoms with Gasteiger partial charge >= 0.3 is 0 Å². The highest BCUT2D eigenvalue weighted by Gasteiger charge is 2.22. The number of benzene rings is 4. The second-order valence-electron chi connectivity index (χ2n) is 9.54. The molecule has 6 nitrogen and oxygen atoms in total. The van der Waals surface area contributed by atoms with Crippen LogP contribution >= 0.6 is 0 Å². The maximum Gasteiger partial charge on any atom is 0.228 e. The van der Waals surface area contributed by atoms with Gasteiger partial charge in [0.1, 0.15) is 11.3 Å². The quantitative estimate of drug-likeness (QED) is 0.227. The van der Waals surface area contributed by atoms with E-state index in [-0.39, 0.29) is 0 Å². The molecule has 4 aromatic carbocycles. The predicted molar refractivity (Wildman–Crippen MR) is 162 cm³/mol. The van der Waals surface area contributed by atoms with Crippen molar-refractivity contribution in [1.29, 1.82) is 0 Å². The number of imidazole rings is 1. The Kier molecular flexibility index (Phi) is 6.21. The first-order valence-electron chi connectivity index (χ1n) is 12.8. The lowest BCUT2D eigenvalue weighted by Gasteiger charge is -2.12. The highest BCUT2D eigenvalue weighted by molar-refractivity contribution is 5.89. The van der Waals surface area contributed by atoms with Gasteiger partial charge in [-0.25, -0.2) is 9.97 Å². The number of fused-ring (bicyclic) bond motifs is 1. The van der Waals surface area contributed by atoms with E-state index < -0.39 is 0 Å². The Morgan fingerprint density at radius 2 is 1.59 bits per heavy atom. The standard InChI is InChI=1S/C33H29N5O/c1-5-21-9-8-10-26(29(21)33-35-27-11-6-7-12-28(27)39-33)32-36-30(22-13-17-24(34-2)18-14-22)31(37-32)23-15-19-25(20-16-23)38(3)4/h5-20,34H,1H2,2-4H3,(H,36,37). The number of nitrogens with zero attached hydrogens (tertiary/aromatic N) is 3. The van der Waals surface area contributed by atoms with Crippen molar-refractivity contribution in [3.63, 3.8) is 0 Å². The largest absolute Gasteiger partial charge is 0.436 e. The summed E-state index contributed by atoms with van der Waals surface area (Å²) in [4.78, 5) is 15.7. The van der Waals surface area contributed by atoms with Crippen molar-refractivity contribution in [1.82, 2.24) is 15.0 Å². The average molecular weight is 512 g/mol. The molecule has 0 atom stereocenters. The number of oxazole rings is 1. The van der Waals surface area contributed by atoms with Gasteiger partial charge in [-0.2, -0.15) is 0 Å². The highest BCUT2D eigenvalue weighted by atomic mass is 16.3. The molecule has 0 saturated heterocycles. The number of hydrogen-bond acceptors (Lipinski definition) is 5. The molecule has 2 aromatic heterocycles. The van der Waals surface area contributed by atoms with Crippen LogP contribution in [0.15, 0.2) is 102 Å². The van der Waals surface area contributed by atoms with Gasteiger partial charge in [0.15, 0.2) is 5.58 Å². The van der Waals surface area contributed by atoms with E-state index in [1.54, 1.807) is 0 Å². The van der Waals surface area contributed by atoms with E-state index in [9.17, 15) is 0 Å². The molecule has 0 saturated carbocycles. The third kappa shape index (κ3) is 4.46. The van der Waals surface area contributed by atoms with Crippen LogP contribution in [0.25, 0.3) is 62.5 Å². The van der Waals surface area contributed by atoms with Crippen LogP contribution in [0, 0.1) is 0 Å². The number of anilines is 2. The average Bonchev–Trinajstić information content (AvgIpc) is 3.62. The van der Waals surface area contributed by atoms with Crippen LogP contribution < -0.4 is 10.2 Å². The second-order valence-corrected chi connectivity index (χ2v) is 9.54. The molecule has 0 bridgehead atoms. The van der Waals surface area contributed by atoms with Crippen LogP contribution in [-0.2, 0) is 0 Å². The number of para-hydroxylation sites is 2. The lowest BCUT2D eigenvalue weighted by Crippen LogP contribution is -2.07. The molecule has 0 spiro atoms. The molecule has 2 N–H and O–H groups in total. The molecule has 6 rings (SSSR count). The van der Waals surface area contributed by atoms with Crippen LogP contribution in [0.1, 0.15) is 5.56 Å². The summed E-state index contributed by atoms with van der Waals surface area (Å²) in [5.41, 5.74) is 10.3. The molecule has 0 fully saturated rings. The Hall–Kier alpha value is -5.10. The van der Waals surface area contributed by atoms with Gasteiger partial charge in [0.25, 0.3) is 0 Å². The first-order chi connectivity index (χ1) is 19.1. The fourth-order valence-corrected chi connectivity index (χ4v) is 4.80. The SMILES string of the molecule is C=Cc1cccc(-c2nc(-c3ccc(N(C)C)cc3)c(-c3ccc(NC)cc3)[nH]2)c1-c1nc2ccccc2o1. The molecule has 0 aliphatic carbocycles. The van der Waals surface area contributed by atoms with Gasteiger partial charge in [-0.05, 0) is 42.0 Å². The number of hydrogen-bond donors (Lipinski definition) is 2. The van der Waals surface area contributed by atoms with E-state index in [1.165, 1.54) is 0 Å². The van der Waals surface area contributed by atoms with Crippen molar-refractivity contribution >= 4 is 28.6 Å². The maximum absolute atomic E-state index is 6.21. The molecule has 6 heteroatoms. The van der Waals surface area contributed by atoms with Crippen LogP contribution in [0.5, 0.6) is 0 Å². The van der Waals surface area contributed by atoms with Gasteiger partial charge in [0.2, 0.25) is 5.89 Å². The minimum absolute atomic E-state index is 0.537. The van der Waals surface area contributed by atoms with Gasteiger partial charge in [-0.1, -0.05) is 67.3 Å². The van der Waals surface area contributed by atoms with Gasteiger partial charge in [-0.15, -0.1) is 0 Å². The summed E-state index contributed by atoms with van der Waals surface area (Å²) in [5.74, 6) is 1.27. The van der Waals surface area contributed by atoms with Crippen molar-refractivity contribution in [3.8, 4) is 45.4 Å². The van der Waals surface area contributed by atoms with E-state index in [2.05, 4.69) is 70.3 Å². The first-order valence-corrected chi connectivity index (χ1v) is 12.8. The van der Waals surface area contributed by atoms with Crippen LogP contribution in [0.3, 0.4) is 0 Å². The summed E-state index contributed by atoms with van der Waals surface area (Å²) in [5, 5.41) is 3.19. The maximum atomic E-state index is 6.21. The smallest absolute Gasteiger partial charge is 0.228 e. The van der Waals surface area contributed by atoms with E-state index >= 15 is 0 Å². The molecule has 0 unspecified atom stereocenters. The molecule has 192 valence electrons. The predicted octanol–water partition coefficient (Wildman–Crippen LogP) is 7.97. The Balaban J connectivity index is 1.56. The Morgan fingerprint density at radius 1 is 0.846 bits per heavy atom. The normalized spacial score (nSPS) is 11.1. The third-order valence-electron chi connectivity index (χ3n) is 6.90. The van der Waals surface area contributed by atoms with Gasteiger partial charge in [0.05, 0.1) is 17.0 Å². The van der Waals surface area contributed by atoms with Crippen LogP contribution in [0.2, 0.25) is 0 Å². The lowest BCUT2D eigenvalue weighted by atomic mass is 10.00. The molecule has 0 aliphatic heterocycles. The zero-order valence-corrected chi connectivity index (χ0v) is 22.2. The number of aromatic nitrogens is 3. The molecule has 0 aliphatic rings. The van der Waals surface area contributed by atoms with Crippen molar-refractivity contribution in [2.45, 2.75) is 0 Å². The topological polar surface area (TPSA) is 70.0 Å². The number of rotatable bonds is 7. The Morgan fingerprint density at radius 3 is 2.28 bits per heavy atom. The Bertz CT molecular complexity index is 1740. The summed E-state index contributed by atoms with van der Waals surface area (Å²) in [6.07, 6.45) is 1.83. The Labute approximate surface area is 227 Å². The first kappa shape index (κ1) is 24.2. The monoisotopic (exact) mass is 511 g/mol. The van der Waals surface area contributed by atoms with E-state index in [1.807, 2.05) is 69.7 Å². The summed E-state index contributed by atoms with van der Waals surface area (Å²) in [7, 11) is 5.99. The van der Waals surface area contributed by atoms with E-state index in [0.717, 1.165) is 67.5 Å². The van der Waals surface area contributed by atoms with Gasteiger partial charge < -0.3 is 19.6 Å². The van der Waals surface area contributed by atoms with Gasteiger partial charge in [0, 0.05) is 49.2 Å². The summed E-state index contributed by atoms with van der Waals surface area (Å²) >= 11 is 0. The molecular weight excluding hydrogens is 482 g/mol. The van der Waals surface area contributed by atoms with Crippen molar-refractivity contribution in [3.05, 3.63) is 103 Å². The highest BCUT2D eigenvalue weighted by Crippen LogP contribution is 2.39. The number of aromatic amines is 1. The van der Waals surface area contributed by atoms with E-state index in [4.69, 9.17) is 14.4 Å². The lowest BCUT2D eigenvalue weighted by molar-refractivity contribution is 0.620. The number of H-pyrrole nitrogens is 1. The summed E-state index contributed by atoms with van der Waals surface area (Å²) in [6.45, 7) is 4.05. The van der Waals surface area contributed by atoms with Crippen LogP contribution in [-0.4, -0.2) is 36.1 Å². The fraction of sp³-hybridized carbons (Fsp3) is 0.0909. The molecule has 0 radical (unpaired) electrons. The van der Waals surface area contributed by atoms with Crippen molar-refractivity contribution in [2.75, 3.05) is 31.4 Å². The van der Waals surface area contributed by atoms with Crippen LogP contribution in [0.4, 0.5) is 11.4 Å². The summed E-state index contributed by atoms with van der Waals surface area (Å²) < 4.78 is 6.21. The molecule has 2 heterocycles. The third-order valence-corrected chi connectivity index (χ3v) is 6.90. The second kappa shape index (κ2) is 9.99. The minimum atomic E-state index is 0.537. The minimum Gasteiger partial charge on any atom is -0.436 e. The molecule has 6 aromatic rings. The fourth-order valence-electron chi connectivity index (χ4n) is 4.80. The van der Waals surface area contributed by atoms with Crippen molar-refractivity contribution in [2.24, 2.45) is 0 Å². The molecular formula is C33H29N5O. The van der Waals surface area contributed by atoms with Gasteiger partial charge in [-0.3, -0.25) is 0 Å². The zero-order valence-electron chi connectivity index (χ0n) is 22.2. The summed E-state index contributed by atoms with van der Waals surface area (Å²) in [6, 6.07) is 30.6. The number of nitrogens with one attached hydrogen (secondary N) is 2. The molecule has 39 heavy (non-hydrogen) atoms. The van der Waals surface area contributed by atoms with Crippen molar-refractivity contribution < 1.29 is 4.42 Å². The zero-order chi connectivity index (χ0) is 26.9. The molecule has 0 amide bonds. The van der Waals surface area contributed by atoms with E-state index in [0.29, 0.717) is 5.89 Å².